The van der Waals surface area contributed by atoms with Gasteiger partial charge in [-0.2, -0.15) is 0 Å². The second-order valence-electron chi connectivity index (χ2n) is 6.77. The Bertz CT molecular complexity index is 620. The quantitative estimate of drug-likeness (QED) is 0.218. The molecule has 1 atom stereocenters. The summed E-state index contributed by atoms with van der Waals surface area (Å²) in [5, 5.41) is 9.46. The number of carbonyl (C=O) groups is 1. The van der Waals surface area contributed by atoms with Crippen molar-refractivity contribution in [3.63, 3.8) is 0 Å². The smallest absolute Gasteiger partial charge is 0.251 e. The Labute approximate surface area is 185 Å². The maximum absolute atomic E-state index is 12.2. The van der Waals surface area contributed by atoms with Gasteiger partial charge in [-0.25, -0.2) is 0 Å². The Hall–Kier alpha value is -1.39. The summed E-state index contributed by atoms with van der Waals surface area (Å²) < 4.78 is 5.40. The van der Waals surface area contributed by atoms with E-state index >= 15 is 0 Å². The van der Waals surface area contributed by atoms with E-state index in [1.807, 2.05) is 38.1 Å². The summed E-state index contributed by atoms with van der Waals surface area (Å²) in [6.45, 7) is 12.4. The Kier molecular flexibility index (Phi) is 12.1. The third-order valence-electron chi connectivity index (χ3n) is 4.51. The number of rotatable bonds is 8. The lowest BCUT2D eigenvalue weighted by Crippen LogP contribution is -2.45. The number of guanidine groups is 1. The van der Waals surface area contributed by atoms with Crippen LogP contribution >= 0.6 is 24.0 Å². The molecule has 1 aromatic carbocycles. The lowest BCUT2D eigenvalue weighted by molar-refractivity contribution is 0.0220. The normalized spacial score (nSPS) is 16.0. The second kappa shape index (κ2) is 13.7. The van der Waals surface area contributed by atoms with Crippen molar-refractivity contribution in [3.05, 3.63) is 35.4 Å². The molecule has 2 rings (SSSR count). The number of aryl methyl sites for hydroxylation is 1. The minimum atomic E-state index is -0.0524. The first-order valence-electron chi connectivity index (χ1n) is 9.79. The fraction of sp³-hybridized carbons (Fsp3) is 0.600. The van der Waals surface area contributed by atoms with Crippen LogP contribution in [0.5, 0.6) is 0 Å². The van der Waals surface area contributed by atoms with Crippen LogP contribution in [0.25, 0.3) is 0 Å². The van der Waals surface area contributed by atoms with Crippen LogP contribution in [-0.4, -0.2) is 75.3 Å². The highest BCUT2D eigenvalue weighted by molar-refractivity contribution is 14.0. The molecule has 28 heavy (non-hydrogen) atoms. The maximum Gasteiger partial charge on any atom is 0.251 e. The molecule has 158 valence electrons. The molecule has 1 amide bonds. The number of ether oxygens (including phenoxy) is 1. The third-order valence-corrected chi connectivity index (χ3v) is 4.51. The van der Waals surface area contributed by atoms with Crippen molar-refractivity contribution in [2.45, 2.75) is 26.8 Å². The molecule has 0 radical (unpaired) electrons. The van der Waals surface area contributed by atoms with E-state index in [2.05, 4.69) is 32.8 Å². The topological polar surface area (TPSA) is 78.0 Å². The summed E-state index contributed by atoms with van der Waals surface area (Å²) in [6, 6.07) is 7.98. The molecule has 7 nitrogen and oxygen atoms in total. The van der Waals surface area contributed by atoms with Gasteiger partial charge in [0.25, 0.3) is 5.91 Å². The van der Waals surface area contributed by atoms with Crippen LogP contribution in [0.1, 0.15) is 29.8 Å². The molecule has 0 saturated carbocycles. The molecular weight excluding hydrogens is 469 g/mol. The number of amides is 1. The summed E-state index contributed by atoms with van der Waals surface area (Å²) in [5.74, 6) is 0.728. The van der Waals surface area contributed by atoms with Crippen LogP contribution < -0.4 is 16.0 Å². The van der Waals surface area contributed by atoms with E-state index < -0.39 is 0 Å². The molecule has 3 N–H and O–H groups in total. The van der Waals surface area contributed by atoms with Gasteiger partial charge < -0.3 is 20.7 Å². The van der Waals surface area contributed by atoms with Crippen LogP contribution in [0.4, 0.5) is 0 Å². The number of morpholine rings is 1. The summed E-state index contributed by atoms with van der Waals surface area (Å²) in [7, 11) is 0. The van der Waals surface area contributed by atoms with E-state index in [0.717, 1.165) is 50.9 Å². The molecule has 0 aromatic heterocycles. The molecule has 1 heterocycles. The Morgan fingerprint density at radius 2 is 1.93 bits per heavy atom. The van der Waals surface area contributed by atoms with E-state index in [-0.39, 0.29) is 29.9 Å². The SMILES string of the molecule is CCNC(=NCC(C)N1CCOCC1)NCCNC(=O)c1cccc(C)c1.I. The van der Waals surface area contributed by atoms with Crippen molar-refractivity contribution in [1.29, 1.82) is 0 Å². The average molecular weight is 503 g/mol. The number of aliphatic imine (C=N–C) groups is 1. The van der Waals surface area contributed by atoms with Crippen LogP contribution in [0.2, 0.25) is 0 Å². The zero-order chi connectivity index (χ0) is 19.5. The van der Waals surface area contributed by atoms with Gasteiger partial charge in [-0.15, -0.1) is 24.0 Å². The van der Waals surface area contributed by atoms with Crippen molar-refractivity contribution in [3.8, 4) is 0 Å². The van der Waals surface area contributed by atoms with E-state index in [0.29, 0.717) is 24.7 Å². The minimum Gasteiger partial charge on any atom is -0.379 e. The predicted molar refractivity (Wildman–Crippen MR) is 125 cm³/mol. The number of hydrogen-bond acceptors (Lipinski definition) is 4. The van der Waals surface area contributed by atoms with Crippen LogP contribution in [0.15, 0.2) is 29.3 Å². The molecule has 1 aromatic rings. The first-order valence-corrected chi connectivity index (χ1v) is 9.79. The van der Waals surface area contributed by atoms with Crippen molar-refractivity contribution in [1.82, 2.24) is 20.9 Å². The number of nitrogens with zero attached hydrogens (tertiary/aromatic N) is 2. The molecule has 1 aliphatic heterocycles. The van der Waals surface area contributed by atoms with Crippen LogP contribution in [0.3, 0.4) is 0 Å². The van der Waals surface area contributed by atoms with Crippen molar-refractivity contribution >= 4 is 35.8 Å². The maximum atomic E-state index is 12.2. The molecule has 8 heteroatoms. The van der Waals surface area contributed by atoms with Gasteiger partial charge in [0.15, 0.2) is 5.96 Å². The zero-order valence-electron chi connectivity index (χ0n) is 17.2. The van der Waals surface area contributed by atoms with Gasteiger partial charge in [-0.3, -0.25) is 14.7 Å². The van der Waals surface area contributed by atoms with E-state index in [9.17, 15) is 4.79 Å². The Morgan fingerprint density at radius 3 is 2.61 bits per heavy atom. The molecule has 0 spiro atoms. The molecule has 0 aliphatic carbocycles. The Balaban J connectivity index is 0.00000392. The predicted octanol–water partition coefficient (Wildman–Crippen LogP) is 1.62. The van der Waals surface area contributed by atoms with Crippen LogP contribution in [-0.2, 0) is 4.74 Å². The van der Waals surface area contributed by atoms with E-state index in [4.69, 9.17) is 4.74 Å². The van der Waals surface area contributed by atoms with Gasteiger partial charge in [0.2, 0.25) is 0 Å². The molecule has 1 unspecified atom stereocenters. The van der Waals surface area contributed by atoms with Crippen molar-refractivity contribution < 1.29 is 9.53 Å². The highest BCUT2D eigenvalue weighted by atomic mass is 127. The molecule has 1 aliphatic rings. The standard InChI is InChI=1S/C20H33N5O2.HI/c1-4-21-20(24-15-17(3)25-10-12-27-13-11-25)23-9-8-22-19(26)18-7-5-6-16(2)14-18;/h5-7,14,17H,4,8-13,15H2,1-3H3,(H,22,26)(H2,21,23,24);1H. The van der Waals surface area contributed by atoms with Crippen LogP contribution in [0, 0.1) is 6.92 Å². The summed E-state index contributed by atoms with van der Waals surface area (Å²) in [6.07, 6.45) is 0. The van der Waals surface area contributed by atoms with Gasteiger partial charge in [0.05, 0.1) is 19.8 Å². The first-order chi connectivity index (χ1) is 13.1. The molecule has 0 bridgehead atoms. The monoisotopic (exact) mass is 503 g/mol. The van der Waals surface area contributed by atoms with Gasteiger partial charge >= 0.3 is 0 Å². The molecule has 1 saturated heterocycles. The Morgan fingerprint density at radius 1 is 1.21 bits per heavy atom. The van der Waals surface area contributed by atoms with E-state index in [1.165, 1.54) is 0 Å². The van der Waals surface area contributed by atoms with Gasteiger partial charge in [0.1, 0.15) is 0 Å². The van der Waals surface area contributed by atoms with Crippen molar-refractivity contribution in [2.75, 3.05) is 52.5 Å². The highest BCUT2D eigenvalue weighted by Crippen LogP contribution is 2.04. The minimum absolute atomic E-state index is 0. The lowest BCUT2D eigenvalue weighted by Gasteiger charge is -2.31. The second-order valence-corrected chi connectivity index (χ2v) is 6.77. The average Bonchev–Trinajstić information content (AvgIpc) is 2.69. The molecule has 1 fully saturated rings. The largest absolute Gasteiger partial charge is 0.379 e. The lowest BCUT2D eigenvalue weighted by atomic mass is 10.1. The number of benzene rings is 1. The fourth-order valence-corrected chi connectivity index (χ4v) is 2.94. The van der Waals surface area contributed by atoms with E-state index in [1.54, 1.807) is 0 Å². The molecular formula is C20H34IN5O2. The summed E-state index contributed by atoms with van der Waals surface area (Å²) in [5.41, 5.74) is 1.77. The third kappa shape index (κ3) is 8.74. The summed E-state index contributed by atoms with van der Waals surface area (Å²) >= 11 is 0. The van der Waals surface area contributed by atoms with Gasteiger partial charge in [-0.05, 0) is 32.9 Å². The number of halogens is 1. The first kappa shape index (κ1) is 24.6. The summed E-state index contributed by atoms with van der Waals surface area (Å²) in [4.78, 5) is 19.2. The van der Waals surface area contributed by atoms with Crippen molar-refractivity contribution in [2.24, 2.45) is 4.99 Å². The van der Waals surface area contributed by atoms with Gasteiger partial charge in [0, 0.05) is 44.3 Å². The highest BCUT2D eigenvalue weighted by Gasteiger charge is 2.16. The fourth-order valence-electron chi connectivity index (χ4n) is 2.94. The van der Waals surface area contributed by atoms with Gasteiger partial charge in [-0.1, -0.05) is 17.7 Å². The number of carbonyl (C=O) groups excluding carboxylic acids is 1. The number of nitrogens with one attached hydrogen (secondary N) is 3. The zero-order valence-corrected chi connectivity index (χ0v) is 19.5. The number of hydrogen-bond donors (Lipinski definition) is 3.